The number of carbonyl (C=O) groups is 1. The second-order valence-electron chi connectivity index (χ2n) is 5.93. The van der Waals surface area contributed by atoms with Crippen molar-refractivity contribution in [2.75, 3.05) is 0 Å². The lowest BCUT2D eigenvalue weighted by atomic mass is 9.58. The Bertz CT molecular complexity index is 374. The molecule has 3 aliphatic rings. The molecule has 2 saturated carbocycles. The van der Waals surface area contributed by atoms with E-state index in [2.05, 4.69) is 0 Å². The maximum absolute atomic E-state index is 11.4. The quantitative estimate of drug-likeness (QED) is 0.671. The summed E-state index contributed by atoms with van der Waals surface area (Å²) >= 11 is 0. The highest BCUT2D eigenvalue weighted by Crippen LogP contribution is 2.51. The number of rotatable bonds is 0. The molecule has 3 rings (SSSR count). The zero-order valence-electron chi connectivity index (χ0n) is 10.1. The van der Waals surface area contributed by atoms with Crippen LogP contribution in [0, 0.1) is 11.8 Å². The van der Waals surface area contributed by atoms with Crippen LogP contribution >= 0.6 is 0 Å². The molecule has 4 atom stereocenters. The Kier molecular flexibility index (Phi) is 2.64. The Morgan fingerprint density at radius 2 is 2.06 bits per heavy atom. The molecule has 3 aliphatic carbocycles. The van der Waals surface area contributed by atoms with E-state index in [1.54, 1.807) is 6.08 Å². The predicted molar refractivity (Wildman–Crippen MR) is 63.3 cm³/mol. The summed E-state index contributed by atoms with van der Waals surface area (Å²) in [6.07, 6.45) is 6.94. The molecule has 17 heavy (non-hydrogen) atoms. The van der Waals surface area contributed by atoms with Crippen LogP contribution in [0.3, 0.4) is 0 Å². The molecule has 3 heteroatoms. The minimum absolute atomic E-state index is 0.166. The Morgan fingerprint density at radius 1 is 1.24 bits per heavy atom. The summed E-state index contributed by atoms with van der Waals surface area (Å²) < 4.78 is 0. The Balaban J connectivity index is 1.91. The first-order chi connectivity index (χ1) is 8.09. The van der Waals surface area contributed by atoms with Gasteiger partial charge in [0.25, 0.3) is 0 Å². The largest absolute Gasteiger partial charge is 0.393 e. The zero-order valence-corrected chi connectivity index (χ0v) is 10.1. The SMILES string of the molecule is O=C1C=C2CCC3CC(O)CCC3C2(O)CC1. The van der Waals surface area contributed by atoms with E-state index in [0.717, 1.165) is 37.7 Å². The number of ketones is 1. The van der Waals surface area contributed by atoms with Crippen molar-refractivity contribution in [2.45, 2.75) is 56.7 Å². The van der Waals surface area contributed by atoms with Gasteiger partial charge >= 0.3 is 0 Å². The van der Waals surface area contributed by atoms with Gasteiger partial charge in [0, 0.05) is 6.42 Å². The lowest BCUT2D eigenvalue weighted by Crippen LogP contribution is -2.51. The van der Waals surface area contributed by atoms with Crippen LogP contribution in [0.2, 0.25) is 0 Å². The second-order valence-corrected chi connectivity index (χ2v) is 5.93. The van der Waals surface area contributed by atoms with Crippen molar-refractivity contribution in [3.63, 3.8) is 0 Å². The van der Waals surface area contributed by atoms with Crippen molar-refractivity contribution < 1.29 is 15.0 Å². The first-order valence-electron chi connectivity index (χ1n) is 6.74. The van der Waals surface area contributed by atoms with Crippen LogP contribution in [0.5, 0.6) is 0 Å². The first kappa shape index (κ1) is 11.4. The standard InChI is InChI=1S/C14H20O3/c15-11-3-4-13-9(7-11)1-2-10-8-12(16)5-6-14(10,13)17/h8-9,11,13,15,17H,1-7H2. The molecule has 0 amide bonds. The summed E-state index contributed by atoms with van der Waals surface area (Å²) in [5.74, 6) is 0.868. The van der Waals surface area contributed by atoms with Crippen LogP contribution in [-0.2, 0) is 4.79 Å². The monoisotopic (exact) mass is 236 g/mol. The summed E-state index contributed by atoms with van der Waals surface area (Å²) in [5.41, 5.74) is 0.225. The van der Waals surface area contributed by atoms with Gasteiger partial charge in [-0.15, -0.1) is 0 Å². The summed E-state index contributed by atoms with van der Waals surface area (Å²) in [6, 6.07) is 0. The van der Waals surface area contributed by atoms with E-state index in [0.29, 0.717) is 18.8 Å². The Morgan fingerprint density at radius 3 is 2.88 bits per heavy atom. The molecule has 0 spiro atoms. The van der Waals surface area contributed by atoms with Gasteiger partial charge in [0.1, 0.15) is 0 Å². The van der Waals surface area contributed by atoms with E-state index in [1.807, 2.05) is 0 Å². The third-order valence-electron chi connectivity index (χ3n) is 5.00. The highest BCUT2D eigenvalue weighted by molar-refractivity contribution is 5.91. The minimum atomic E-state index is -0.739. The molecule has 2 N–H and O–H groups in total. The van der Waals surface area contributed by atoms with E-state index in [4.69, 9.17) is 0 Å². The molecule has 0 aromatic rings. The molecule has 0 saturated heterocycles. The summed E-state index contributed by atoms with van der Waals surface area (Å²) in [7, 11) is 0. The van der Waals surface area contributed by atoms with Gasteiger partial charge in [-0.2, -0.15) is 0 Å². The van der Waals surface area contributed by atoms with Crippen molar-refractivity contribution in [2.24, 2.45) is 11.8 Å². The van der Waals surface area contributed by atoms with Gasteiger partial charge in [-0.1, -0.05) is 0 Å². The molecule has 2 fully saturated rings. The molecule has 0 bridgehead atoms. The molecule has 4 unspecified atom stereocenters. The number of allylic oxidation sites excluding steroid dienone is 1. The number of aliphatic hydroxyl groups is 2. The molecule has 0 heterocycles. The van der Waals surface area contributed by atoms with Crippen molar-refractivity contribution in [3.05, 3.63) is 11.6 Å². The van der Waals surface area contributed by atoms with Gasteiger partial charge < -0.3 is 10.2 Å². The summed E-state index contributed by atoms with van der Waals surface area (Å²) in [5, 5.41) is 20.6. The zero-order chi connectivity index (χ0) is 12.0. The molecule has 0 aromatic heterocycles. The predicted octanol–water partition coefficient (Wildman–Crippen LogP) is 1.58. The van der Waals surface area contributed by atoms with Gasteiger partial charge in [-0.25, -0.2) is 0 Å². The van der Waals surface area contributed by atoms with Gasteiger partial charge in [0.2, 0.25) is 0 Å². The van der Waals surface area contributed by atoms with Gasteiger partial charge in [-0.3, -0.25) is 4.79 Å². The molecule has 3 nitrogen and oxygen atoms in total. The van der Waals surface area contributed by atoms with E-state index in [-0.39, 0.29) is 17.8 Å². The molecule has 0 radical (unpaired) electrons. The average molecular weight is 236 g/mol. The van der Waals surface area contributed by atoms with E-state index in [9.17, 15) is 15.0 Å². The lowest BCUT2D eigenvalue weighted by molar-refractivity contribution is -0.121. The molecular formula is C14H20O3. The second kappa shape index (κ2) is 3.92. The van der Waals surface area contributed by atoms with Crippen molar-refractivity contribution in [1.82, 2.24) is 0 Å². The Hall–Kier alpha value is -0.670. The average Bonchev–Trinajstić information content (AvgIpc) is 2.30. The number of hydrogen-bond acceptors (Lipinski definition) is 3. The maximum atomic E-state index is 11.4. The third kappa shape index (κ3) is 1.76. The van der Waals surface area contributed by atoms with Gasteiger partial charge in [0.15, 0.2) is 5.78 Å². The number of fused-ring (bicyclic) bond motifs is 3. The molecular weight excluding hydrogens is 216 g/mol. The van der Waals surface area contributed by atoms with Gasteiger partial charge in [-0.05, 0) is 62.0 Å². The van der Waals surface area contributed by atoms with Crippen LogP contribution in [0.4, 0.5) is 0 Å². The summed E-state index contributed by atoms with van der Waals surface area (Å²) in [4.78, 5) is 11.4. The molecule has 0 aliphatic heterocycles. The molecule has 0 aromatic carbocycles. The van der Waals surface area contributed by atoms with Crippen LogP contribution in [-0.4, -0.2) is 27.7 Å². The van der Waals surface area contributed by atoms with Crippen LogP contribution in [0.1, 0.15) is 44.9 Å². The van der Waals surface area contributed by atoms with E-state index >= 15 is 0 Å². The van der Waals surface area contributed by atoms with Gasteiger partial charge in [0.05, 0.1) is 11.7 Å². The van der Waals surface area contributed by atoms with Crippen molar-refractivity contribution >= 4 is 5.78 Å². The fourth-order valence-electron chi connectivity index (χ4n) is 4.11. The van der Waals surface area contributed by atoms with Crippen LogP contribution in [0.25, 0.3) is 0 Å². The van der Waals surface area contributed by atoms with Crippen molar-refractivity contribution in [1.29, 1.82) is 0 Å². The van der Waals surface area contributed by atoms with Crippen molar-refractivity contribution in [3.8, 4) is 0 Å². The molecule has 94 valence electrons. The lowest BCUT2D eigenvalue weighted by Gasteiger charge is -2.50. The van der Waals surface area contributed by atoms with E-state index < -0.39 is 5.60 Å². The fourth-order valence-corrected chi connectivity index (χ4v) is 4.11. The maximum Gasteiger partial charge on any atom is 0.155 e. The highest BCUT2D eigenvalue weighted by atomic mass is 16.3. The number of hydrogen-bond donors (Lipinski definition) is 2. The van der Waals surface area contributed by atoms with Crippen LogP contribution in [0.15, 0.2) is 11.6 Å². The highest BCUT2D eigenvalue weighted by Gasteiger charge is 2.50. The fraction of sp³-hybridized carbons (Fsp3) is 0.786. The topological polar surface area (TPSA) is 57.5 Å². The normalized spacial score (nSPS) is 45.9. The van der Waals surface area contributed by atoms with E-state index in [1.165, 1.54) is 0 Å². The third-order valence-corrected chi connectivity index (χ3v) is 5.00. The number of carbonyl (C=O) groups excluding carboxylic acids is 1. The Labute approximate surface area is 102 Å². The minimum Gasteiger partial charge on any atom is -0.393 e. The smallest absolute Gasteiger partial charge is 0.155 e. The summed E-state index contributed by atoms with van der Waals surface area (Å²) in [6.45, 7) is 0. The number of aliphatic hydroxyl groups excluding tert-OH is 1. The first-order valence-corrected chi connectivity index (χ1v) is 6.74. The van der Waals surface area contributed by atoms with Crippen LogP contribution < -0.4 is 0 Å².